The van der Waals surface area contributed by atoms with Gasteiger partial charge >= 0.3 is 6.03 Å². The van der Waals surface area contributed by atoms with Crippen molar-refractivity contribution in [3.05, 3.63) is 108 Å². The van der Waals surface area contributed by atoms with Gasteiger partial charge in [0.1, 0.15) is 17.2 Å². The predicted molar refractivity (Wildman–Crippen MR) is 166 cm³/mol. The molecular formula is C33H34N4O6. The van der Waals surface area contributed by atoms with E-state index in [4.69, 9.17) is 11.0 Å². The first kappa shape index (κ1) is 33.4. The molecule has 0 spiro atoms. The minimum absolute atomic E-state index is 0.144. The normalized spacial score (nSPS) is 9.74. The Balaban J connectivity index is 0.000000242. The van der Waals surface area contributed by atoms with E-state index in [0.717, 1.165) is 5.56 Å². The largest absolute Gasteiger partial charge is 0.429 e. The van der Waals surface area contributed by atoms with Crippen LogP contribution >= 0.6 is 0 Å². The highest BCUT2D eigenvalue weighted by Crippen LogP contribution is 2.24. The van der Waals surface area contributed by atoms with E-state index in [0.29, 0.717) is 47.3 Å². The highest BCUT2D eigenvalue weighted by molar-refractivity contribution is 5.99. The Hall–Kier alpha value is -5.82. The number of amides is 2. The molecular weight excluding hydrogens is 548 g/mol. The average Bonchev–Trinajstić information content (AvgIpc) is 2.98. The van der Waals surface area contributed by atoms with Crippen LogP contribution in [0.1, 0.15) is 31.9 Å². The summed E-state index contributed by atoms with van der Waals surface area (Å²) in [5.41, 5.74) is 9.86. The first-order valence-electron chi connectivity index (χ1n) is 13.0. The van der Waals surface area contributed by atoms with Gasteiger partial charge in [0, 0.05) is 17.1 Å². The summed E-state index contributed by atoms with van der Waals surface area (Å²) in [5.74, 6) is 1.52. The van der Waals surface area contributed by atoms with Crippen LogP contribution in [0.3, 0.4) is 0 Å². The van der Waals surface area contributed by atoms with Gasteiger partial charge in [-0.3, -0.25) is 9.59 Å². The van der Waals surface area contributed by atoms with Crippen LogP contribution in [0.5, 0.6) is 17.2 Å². The lowest BCUT2D eigenvalue weighted by Crippen LogP contribution is -2.19. The average molecular weight is 583 g/mol. The quantitative estimate of drug-likeness (QED) is 0.122. The number of aryl methyl sites for hydroxylation is 1. The van der Waals surface area contributed by atoms with Gasteiger partial charge in [0.25, 0.3) is 19.2 Å². The molecule has 4 aromatic carbocycles. The topological polar surface area (TPSA) is 153 Å². The molecule has 0 aliphatic rings. The van der Waals surface area contributed by atoms with E-state index in [1.54, 1.807) is 54.8 Å². The second-order valence-electron chi connectivity index (χ2n) is 9.93. The summed E-state index contributed by atoms with van der Waals surface area (Å²) >= 11 is 0. The third-order valence-corrected chi connectivity index (χ3v) is 5.55. The number of nitrogens with zero attached hydrogens (tertiary/aromatic N) is 1. The molecule has 0 atom stereocenters. The molecule has 0 aliphatic carbocycles. The zero-order chi connectivity index (χ0) is 31.7. The summed E-state index contributed by atoms with van der Waals surface area (Å²) in [6.07, 6.45) is 1.64. The molecule has 10 heteroatoms. The highest BCUT2D eigenvalue weighted by Gasteiger charge is 2.12. The van der Waals surface area contributed by atoms with Gasteiger partial charge in [0.05, 0.1) is 0 Å². The molecule has 0 aliphatic heterocycles. The molecule has 0 heterocycles. The summed E-state index contributed by atoms with van der Waals surface area (Å²) < 4.78 is 13.9. The van der Waals surface area contributed by atoms with Gasteiger partial charge in [-0.1, -0.05) is 50.6 Å². The van der Waals surface area contributed by atoms with E-state index in [1.807, 2.05) is 55.5 Å². The van der Waals surface area contributed by atoms with Gasteiger partial charge in [-0.2, -0.15) is 0 Å². The molecule has 0 saturated carbocycles. The Morgan fingerprint density at radius 2 is 1.14 bits per heavy atom. The van der Waals surface area contributed by atoms with E-state index in [-0.39, 0.29) is 11.4 Å². The number of urea groups is 1. The van der Waals surface area contributed by atoms with E-state index in [9.17, 15) is 14.4 Å². The van der Waals surface area contributed by atoms with Crippen LogP contribution in [0.2, 0.25) is 0 Å². The number of hydrogen-bond acceptors (Lipinski definition) is 8. The zero-order valence-corrected chi connectivity index (χ0v) is 24.4. The van der Waals surface area contributed by atoms with Gasteiger partial charge in [-0.25, -0.2) is 4.79 Å². The molecule has 0 unspecified atom stereocenters. The van der Waals surface area contributed by atoms with E-state index in [2.05, 4.69) is 45.6 Å². The maximum Gasteiger partial charge on any atom is 0.323 e. The number of carbonyl (C=O) groups excluding carboxylic acids is 3. The first-order chi connectivity index (χ1) is 20.5. The van der Waals surface area contributed by atoms with Crippen molar-refractivity contribution >= 4 is 36.0 Å². The maximum atomic E-state index is 11.8. The van der Waals surface area contributed by atoms with Gasteiger partial charge < -0.3 is 30.6 Å². The van der Waals surface area contributed by atoms with Crippen molar-refractivity contribution in [2.45, 2.75) is 33.1 Å². The summed E-state index contributed by atoms with van der Waals surface area (Å²) in [5, 5.41) is 13.7. The second-order valence-corrected chi connectivity index (χ2v) is 9.93. The smallest absolute Gasteiger partial charge is 0.323 e. The van der Waals surface area contributed by atoms with Crippen molar-refractivity contribution in [3.8, 4) is 23.5 Å². The number of nitriles is 1. The molecule has 0 fully saturated rings. The zero-order valence-electron chi connectivity index (χ0n) is 24.4. The standard InChI is InChI=1S/C15H14N2O3.C11H13NO.C7H7NO2/c1-11-2-4-12(5-3-11)16-15(19)17-13-6-8-14(9-7-13)20-10-18;1-11(2,3)9-4-6-10(7-5-9)13-8-12;8-6-1-3-7(4-2-6)10-5-9/h2-10H,1H3,(H2,16,17,19);4-7H,1-3H3;1-5H,8H2. The summed E-state index contributed by atoms with van der Waals surface area (Å²) in [6, 6.07) is 27.8. The SMILES string of the molecule is CC(C)(C)c1ccc(OC#N)cc1.Cc1ccc(NC(=O)Nc2ccc(OC=O)cc2)cc1.Nc1ccc(OC=O)cc1. The number of hydrogen-bond donors (Lipinski definition) is 3. The van der Waals surface area contributed by atoms with E-state index in [1.165, 1.54) is 5.56 Å². The van der Waals surface area contributed by atoms with Crippen molar-refractivity contribution in [2.24, 2.45) is 0 Å². The van der Waals surface area contributed by atoms with Crippen LogP contribution in [0.4, 0.5) is 21.9 Å². The van der Waals surface area contributed by atoms with Crippen LogP contribution in [0.25, 0.3) is 0 Å². The first-order valence-corrected chi connectivity index (χ1v) is 13.0. The number of nitrogen functional groups attached to an aromatic ring is 1. The summed E-state index contributed by atoms with van der Waals surface area (Å²) in [4.78, 5) is 31.7. The van der Waals surface area contributed by atoms with E-state index >= 15 is 0 Å². The van der Waals surface area contributed by atoms with Crippen LogP contribution in [-0.2, 0) is 15.0 Å². The van der Waals surface area contributed by atoms with Gasteiger partial charge in [0.15, 0.2) is 0 Å². The summed E-state index contributed by atoms with van der Waals surface area (Å²) in [7, 11) is 0. The van der Waals surface area contributed by atoms with Crippen molar-refractivity contribution in [1.82, 2.24) is 0 Å². The summed E-state index contributed by atoms with van der Waals surface area (Å²) in [6.45, 7) is 9.15. The van der Waals surface area contributed by atoms with Crippen LogP contribution in [-0.4, -0.2) is 19.0 Å². The van der Waals surface area contributed by atoms with Crippen molar-refractivity contribution in [2.75, 3.05) is 16.4 Å². The highest BCUT2D eigenvalue weighted by atomic mass is 16.5. The van der Waals surface area contributed by atoms with Crippen molar-refractivity contribution < 1.29 is 28.6 Å². The number of nitrogens with one attached hydrogen (secondary N) is 2. The molecule has 0 radical (unpaired) electrons. The molecule has 4 rings (SSSR count). The molecule has 0 aromatic heterocycles. The third kappa shape index (κ3) is 12.9. The number of ether oxygens (including phenoxy) is 3. The van der Waals surface area contributed by atoms with Crippen molar-refractivity contribution in [3.63, 3.8) is 0 Å². The fraction of sp³-hybridized carbons (Fsp3) is 0.152. The molecule has 4 aromatic rings. The molecule has 0 saturated heterocycles. The fourth-order valence-electron chi connectivity index (χ4n) is 3.28. The Morgan fingerprint density at radius 1 is 0.721 bits per heavy atom. The lowest BCUT2D eigenvalue weighted by Gasteiger charge is -2.18. The Labute approximate surface area is 251 Å². The lowest BCUT2D eigenvalue weighted by atomic mass is 9.87. The molecule has 2 amide bonds. The fourth-order valence-corrected chi connectivity index (χ4v) is 3.28. The monoisotopic (exact) mass is 582 g/mol. The third-order valence-electron chi connectivity index (χ3n) is 5.55. The van der Waals surface area contributed by atoms with Gasteiger partial charge in [-0.15, -0.1) is 5.26 Å². The van der Waals surface area contributed by atoms with Gasteiger partial charge in [0.2, 0.25) is 0 Å². The minimum Gasteiger partial charge on any atom is -0.429 e. The van der Waals surface area contributed by atoms with E-state index < -0.39 is 0 Å². The Morgan fingerprint density at radius 3 is 1.56 bits per heavy atom. The van der Waals surface area contributed by atoms with Crippen LogP contribution in [0, 0.1) is 18.4 Å². The Kier molecular flexibility index (Phi) is 13.3. The molecule has 0 bridgehead atoms. The number of nitrogens with two attached hydrogens (primary N) is 1. The van der Waals surface area contributed by atoms with Crippen LogP contribution < -0.4 is 30.6 Å². The van der Waals surface area contributed by atoms with Crippen LogP contribution in [0.15, 0.2) is 97.1 Å². The predicted octanol–water partition coefficient (Wildman–Crippen LogP) is 6.82. The molecule has 4 N–H and O–H groups in total. The minimum atomic E-state index is -0.335. The number of benzene rings is 4. The maximum absolute atomic E-state index is 11.8. The lowest BCUT2D eigenvalue weighted by molar-refractivity contribution is -0.121. The molecule has 43 heavy (non-hydrogen) atoms. The second kappa shape index (κ2) is 17.1. The Bertz CT molecular complexity index is 1470. The number of carbonyl (C=O) groups is 3. The van der Waals surface area contributed by atoms with Gasteiger partial charge in [-0.05, 0) is 90.7 Å². The number of anilines is 3. The molecule has 222 valence electrons. The molecule has 10 nitrogen and oxygen atoms in total. The van der Waals surface area contributed by atoms with Crippen molar-refractivity contribution in [1.29, 1.82) is 5.26 Å². The number of rotatable bonds is 7.